The normalized spacial score (nSPS) is 11.8. The number of nitrogens with one attached hydrogen (secondary N) is 1. The smallest absolute Gasteiger partial charge is 0.279 e. The van der Waals surface area contributed by atoms with E-state index in [2.05, 4.69) is 4.72 Å². The minimum absolute atomic E-state index is 0.416. The quantitative estimate of drug-likeness (QED) is 0.786. The SMILES string of the molecule is CCCNS(=O)(=O)N(C)CCc1ccccc1OC. The highest BCUT2D eigenvalue weighted by Crippen LogP contribution is 2.18. The first-order valence-corrected chi connectivity index (χ1v) is 7.78. The molecule has 0 atom stereocenters. The van der Waals surface area contributed by atoms with Crippen molar-refractivity contribution in [1.29, 1.82) is 0 Å². The van der Waals surface area contributed by atoms with E-state index in [4.69, 9.17) is 4.74 Å². The van der Waals surface area contributed by atoms with Crippen LogP contribution in [0.3, 0.4) is 0 Å². The Bertz CT molecular complexity index is 488. The maximum Gasteiger partial charge on any atom is 0.279 e. The van der Waals surface area contributed by atoms with Gasteiger partial charge in [0, 0.05) is 20.1 Å². The van der Waals surface area contributed by atoms with Gasteiger partial charge in [0.2, 0.25) is 0 Å². The molecule has 0 aliphatic rings. The van der Waals surface area contributed by atoms with Gasteiger partial charge in [0.1, 0.15) is 5.75 Å². The maximum absolute atomic E-state index is 11.8. The van der Waals surface area contributed by atoms with Crippen LogP contribution in [0.5, 0.6) is 5.75 Å². The number of likely N-dealkylation sites (N-methyl/N-ethyl adjacent to an activating group) is 1. The lowest BCUT2D eigenvalue weighted by Gasteiger charge is -2.18. The summed E-state index contributed by atoms with van der Waals surface area (Å²) >= 11 is 0. The molecule has 5 nitrogen and oxygen atoms in total. The van der Waals surface area contributed by atoms with Gasteiger partial charge in [0.25, 0.3) is 10.2 Å². The van der Waals surface area contributed by atoms with Crippen molar-refractivity contribution < 1.29 is 13.2 Å². The van der Waals surface area contributed by atoms with Gasteiger partial charge in [-0.2, -0.15) is 12.7 Å². The molecule has 0 radical (unpaired) electrons. The van der Waals surface area contributed by atoms with Crippen LogP contribution >= 0.6 is 0 Å². The molecule has 0 fully saturated rings. The highest BCUT2D eigenvalue weighted by Gasteiger charge is 2.16. The lowest BCUT2D eigenvalue weighted by molar-refractivity contribution is 0.405. The molecule has 0 amide bonds. The summed E-state index contributed by atoms with van der Waals surface area (Å²) < 4.78 is 32.8. The predicted molar refractivity (Wildman–Crippen MR) is 76.5 cm³/mol. The van der Waals surface area contributed by atoms with Gasteiger partial charge in [-0.25, -0.2) is 4.72 Å². The molecule has 0 aliphatic carbocycles. The molecule has 0 saturated heterocycles. The van der Waals surface area contributed by atoms with Gasteiger partial charge in [0.05, 0.1) is 7.11 Å². The fourth-order valence-electron chi connectivity index (χ4n) is 1.65. The van der Waals surface area contributed by atoms with Crippen molar-refractivity contribution in [2.24, 2.45) is 0 Å². The molecule has 1 aromatic carbocycles. The average Bonchev–Trinajstić information content (AvgIpc) is 2.42. The third-order valence-electron chi connectivity index (χ3n) is 2.83. The van der Waals surface area contributed by atoms with E-state index >= 15 is 0 Å². The zero-order chi connectivity index (χ0) is 14.3. The second-order valence-electron chi connectivity index (χ2n) is 4.28. The molecule has 6 heteroatoms. The zero-order valence-corrected chi connectivity index (χ0v) is 12.5. The summed E-state index contributed by atoms with van der Waals surface area (Å²) in [6.07, 6.45) is 1.40. The van der Waals surface area contributed by atoms with Crippen molar-refractivity contribution in [2.45, 2.75) is 19.8 Å². The van der Waals surface area contributed by atoms with Gasteiger partial charge < -0.3 is 4.74 Å². The molecule has 0 unspecified atom stereocenters. The molecule has 0 aliphatic heterocycles. The minimum Gasteiger partial charge on any atom is -0.496 e. The largest absolute Gasteiger partial charge is 0.496 e. The van der Waals surface area contributed by atoms with Crippen molar-refractivity contribution in [3.63, 3.8) is 0 Å². The van der Waals surface area contributed by atoms with Crippen LogP contribution in [-0.4, -0.2) is 40.0 Å². The fraction of sp³-hybridized carbons (Fsp3) is 0.538. The molecule has 1 rings (SSSR count). The van der Waals surface area contributed by atoms with E-state index in [-0.39, 0.29) is 0 Å². The Morgan fingerprint density at radius 3 is 2.63 bits per heavy atom. The van der Waals surface area contributed by atoms with Crippen LogP contribution in [0.1, 0.15) is 18.9 Å². The number of para-hydroxylation sites is 1. The summed E-state index contributed by atoms with van der Waals surface area (Å²) in [6, 6.07) is 7.63. The summed E-state index contributed by atoms with van der Waals surface area (Å²) in [4.78, 5) is 0. The number of benzene rings is 1. The van der Waals surface area contributed by atoms with Crippen LogP contribution in [-0.2, 0) is 16.6 Å². The summed E-state index contributed by atoms with van der Waals surface area (Å²) in [5.74, 6) is 0.787. The summed E-state index contributed by atoms with van der Waals surface area (Å²) in [5.41, 5.74) is 1.00. The van der Waals surface area contributed by atoms with Crippen LogP contribution in [0.4, 0.5) is 0 Å². The van der Waals surface area contributed by atoms with E-state index in [1.807, 2.05) is 31.2 Å². The van der Waals surface area contributed by atoms with Crippen molar-refractivity contribution in [3.05, 3.63) is 29.8 Å². The molecule has 0 saturated carbocycles. The molecular weight excluding hydrogens is 264 g/mol. The van der Waals surface area contributed by atoms with Gasteiger partial charge in [-0.3, -0.25) is 0 Å². The Morgan fingerprint density at radius 2 is 2.00 bits per heavy atom. The molecule has 1 aromatic rings. The monoisotopic (exact) mass is 286 g/mol. The number of methoxy groups -OCH3 is 1. The summed E-state index contributed by atoms with van der Waals surface area (Å²) in [5, 5.41) is 0. The predicted octanol–water partition coefficient (Wildman–Crippen LogP) is 1.41. The summed E-state index contributed by atoms with van der Waals surface area (Å²) in [7, 11) is -0.180. The molecule has 19 heavy (non-hydrogen) atoms. The third-order valence-corrected chi connectivity index (χ3v) is 4.41. The molecule has 0 aromatic heterocycles. The van der Waals surface area contributed by atoms with E-state index in [1.54, 1.807) is 14.2 Å². The zero-order valence-electron chi connectivity index (χ0n) is 11.7. The number of nitrogens with zero attached hydrogens (tertiary/aromatic N) is 1. The van der Waals surface area contributed by atoms with Crippen molar-refractivity contribution in [2.75, 3.05) is 27.2 Å². The third kappa shape index (κ3) is 4.81. The number of hydrogen-bond donors (Lipinski definition) is 1. The Balaban J connectivity index is 2.61. The first-order chi connectivity index (χ1) is 9.01. The Hall–Kier alpha value is -1.11. The molecule has 0 heterocycles. The Kier molecular flexibility index (Phi) is 6.27. The van der Waals surface area contributed by atoms with E-state index in [9.17, 15) is 8.42 Å². The minimum atomic E-state index is -3.37. The van der Waals surface area contributed by atoms with E-state index in [0.717, 1.165) is 17.7 Å². The van der Waals surface area contributed by atoms with Crippen LogP contribution in [0, 0.1) is 0 Å². The van der Waals surface area contributed by atoms with Gasteiger partial charge in [-0.1, -0.05) is 25.1 Å². The van der Waals surface area contributed by atoms with Crippen LogP contribution < -0.4 is 9.46 Å². The molecule has 0 bridgehead atoms. The Morgan fingerprint density at radius 1 is 1.32 bits per heavy atom. The molecule has 108 valence electrons. The fourth-order valence-corrected chi connectivity index (χ4v) is 2.66. The van der Waals surface area contributed by atoms with E-state index < -0.39 is 10.2 Å². The average molecular weight is 286 g/mol. The maximum atomic E-state index is 11.8. The molecular formula is C13H22N2O3S. The van der Waals surface area contributed by atoms with Gasteiger partial charge >= 0.3 is 0 Å². The standard InChI is InChI=1S/C13H22N2O3S/c1-4-10-14-19(16,17)15(2)11-9-12-7-5-6-8-13(12)18-3/h5-8,14H,4,9-11H2,1-3H3. The van der Waals surface area contributed by atoms with Crippen LogP contribution in [0.25, 0.3) is 0 Å². The van der Waals surface area contributed by atoms with Gasteiger partial charge in [-0.05, 0) is 24.5 Å². The van der Waals surface area contributed by atoms with Crippen molar-refractivity contribution in [1.82, 2.24) is 9.03 Å². The topological polar surface area (TPSA) is 58.6 Å². The van der Waals surface area contributed by atoms with E-state index in [0.29, 0.717) is 19.5 Å². The highest BCUT2D eigenvalue weighted by atomic mass is 32.2. The van der Waals surface area contributed by atoms with E-state index in [1.165, 1.54) is 4.31 Å². The first-order valence-electron chi connectivity index (χ1n) is 6.34. The Labute approximate surface area is 115 Å². The lowest BCUT2D eigenvalue weighted by Crippen LogP contribution is -2.39. The molecule has 1 N–H and O–H groups in total. The van der Waals surface area contributed by atoms with Crippen LogP contribution in [0.2, 0.25) is 0 Å². The highest BCUT2D eigenvalue weighted by molar-refractivity contribution is 7.87. The summed E-state index contributed by atoms with van der Waals surface area (Å²) in [6.45, 7) is 2.80. The number of rotatable bonds is 8. The first kappa shape index (κ1) is 15.9. The number of hydrogen-bond acceptors (Lipinski definition) is 3. The van der Waals surface area contributed by atoms with Crippen molar-refractivity contribution >= 4 is 10.2 Å². The molecule has 0 spiro atoms. The van der Waals surface area contributed by atoms with Crippen LogP contribution in [0.15, 0.2) is 24.3 Å². The van der Waals surface area contributed by atoms with Gasteiger partial charge in [-0.15, -0.1) is 0 Å². The number of ether oxygens (including phenoxy) is 1. The second-order valence-corrected chi connectivity index (χ2v) is 6.14. The second kappa shape index (κ2) is 7.47. The van der Waals surface area contributed by atoms with Crippen molar-refractivity contribution in [3.8, 4) is 5.75 Å². The lowest BCUT2D eigenvalue weighted by atomic mass is 10.1. The van der Waals surface area contributed by atoms with Gasteiger partial charge in [0.15, 0.2) is 0 Å².